The van der Waals surface area contributed by atoms with Crippen LogP contribution in [-0.2, 0) is 4.74 Å². The third-order valence-corrected chi connectivity index (χ3v) is 5.94. The van der Waals surface area contributed by atoms with E-state index in [0.717, 1.165) is 12.1 Å². The maximum atomic E-state index is 13.6. The molecule has 0 N–H and O–H groups in total. The van der Waals surface area contributed by atoms with Crippen LogP contribution in [0.1, 0.15) is 11.1 Å². The molecular formula is C19H12F4OS3. The van der Waals surface area contributed by atoms with Crippen LogP contribution in [0.5, 0.6) is 0 Å². The minimum Gasteiger partial charge on any atom is -0.497 e. The Bertz CT molecular complexity index is 1030. The summed E-state index contributed by atoms with van der Waals surface area (Å²) in [6.07, 6.45) is 0. The summed E-state index contributed by atoms with van der Waals surface area (Å²) < 4.78 is 59.4. The number of thiol groups is 1. The van der Waals surface area contributed by atoms with E-state index in [1.54, 1.807) is 12.1 Å². The first-order valence-corrected chi connectivity index (χ1v) is 9.51. The number of thiophene rings is 2. The lowest BCUT2D eigenvalue weighted by atomic mass is 9.95. The van der Waals surface area contributed by atoms with Crippen LogP contribution >= 0.6 is 35.3 Å². The molecule has 0 fully saturated rings. The number of hydrogen-bond donors (Lipinski definition) is 1. The van der Waals surface area contributed by atoms with Crippen LogP contribution in [0.4, 0.5) is 17.6 Å². The van der Waals surface area contributed by atoms with Crippen LogP contribution in [-0.4, -0.2) is 7.11 Å². The van der Waals surface area contributed by atoms with Crippen molar-refractivity contribution in [3.63, 3.8) is 0 Å². The second kappa shape index (κ2) is 7.53. The quantitative estimate of drug-likeness (QED) is 0.256. The van der Waals surface area contributed by atoms with Gasteiger partial charge in [-0.1, -0.05) is 13.2 Å². The SMILES string of the molecule is C=C(S)c1cc(-c2cc(F)c(F)s2)c(C(=C)OC)cc1-c1cc(F)c(F)s1. The van der Waals surface area contributed by atoms with E-state index in [4.69, 9.17) is 4.74 Å². The smallest absolute Gasteiger partial charge is 0.212 e. The van der Waals surface area contributed by atoms with Crippen molar-refractivity contribution >= 4 is 46.0 Å². The van der Waals surface area contributed by atoms with Gasteiger partial charge in [-0.2, -0.15) is 8.78 Å². The Morgan fingerprint density at radius 1 is 0.852 bits per heavy atom. The van der Waals surface area contributed by atoms with E-state index in [1.807, 2.05) is 0 Å². The fraction of sp³-hybridized carbons (Fsp3) is 0.0526. The lowest BCUT2D eigenvalue weighted by molar-refractivity contribution is 0.371. The highest BCUT2D eigenvalue weighted by Crippen LogP contribution is 2.43. The molecule has 0 atom stereocenters. The molecule has 0 radical (unpaired) electrons. The average Bonchev–Trinajstić information content (AvgIpc) is 3.14. The molecule has 0 amide bonds. The first kappa shape index (κ1) is 19.7. The van der Waals surface area contributed by atoms with E-state index >= 15 is 0 Å². The fourth-order valence-electron chi connectivity index (χ4n) is 2.55. The minimum absolute atomic E-state index is 0.231. The summed E-state index contributed by atoms with van der Waals surface area (Å²) in [6.45, 7) is 7.58. The zero-order valence-corrected chi connectivity index (χ0v) is 16.4. The molecule has 27 heavy (non-hydrogen) atoms. The van der Waals surface area contributed by atoms with Gasteiger partial charge in [0.15, 0.2) is 11.6 Å². The molecular weight excluding hydrogens is 416 g/mol. The van der Waals surface area contributed by atoms with Gasteiger partial charge in [0.25, 0.3) is 0 Å². The molecule has 3 rings (SSSR count). The second-order valence-corrected chi connectivity index (χ2v) is 8.03. The lowest BCUT2D eigenvalue weighted by Gasteiger charge is -2.16. The number of rotatable bonds is 5. The molecule has 2 heterocycles. The van der Waals surface area contributed by atoms with Gasteiger partial charge in [0.05, 0.1) is 7.11 Å². The minimum atomic E-state index is -0.971. The fourth-order valence-corrected chi connectivity index (χ4v) is 4.31. The highest BCUT2D eigenvalue weighted by Gasteiger charge is 2.21. The molecule has 140 valence electrons. The van der Waals surface area contributed by atoms with Crippen LogP contribution in [0.3, 0.4) is 0 Å². The Morgan fingerprint density at radius 3 is 1.67 bits per heavy atom. The molecule has 1 nitrogen and oxygen atoms in total. The van der Waals surface area contributed by atoms with Crippen LogP contribution in [0.2, 0.25) is 0 Å². The van der Waals surface area contributed by atoms with Gasteiger partial charge in [-0.15, -0.1) is 35.3 Å². The van der Waals surface area contributed by atoms with Crippen molar-refractivity contribution in [1.82, 2.24) is 0 Å². The largest absolute Gasteiger partial charge is 0.497 e. The zero-order valence-electron chi connectivity index (χ0n) is 13.9. The van der Waals surface area contributed by atoms with E-state index in [1.165, 1.54) is 7.11 Å². The summed E-state index contributed by atoms with van der Waals surface area (Å²) in [5, 5.41) is -1.89. The van der Waals surface area contributed by atoms with Crippen molar-refractivity contribution in [3.05, 3.63) is 70.4 Å². The van der Waals surface area contributed by atoms with Gasteiger partial charge in [-0.3, -0.25) is 0 Å². The lowest BCUT2D eigenvalue weighted by Crippen LogP contribution is -1.94. The van der Waals surface area contributed by atoms with Crippen LogP contribution < -0.4 is 0 Å². The summed E-state index contributed by atoms with van der Waals surface area (Å²) in [4.78, 5) is 0.951. The number of ether oxygens (including phenoxy) is 1. The van der Waals surface area contributed by atoms with Crippen molar-refractivity contribution in [3.8, 4) is 20.9 Å². The Balaban J connectivity index is 2.33. The Hall–Kier alpha value is -2.03. The van der Waals surface area contributed by atoms with Gasteiger partial charge in [0.1, 0.15) is 5.76 Å². The molecule has 0 aliphatic heterocycles. The maximum absolute atomic E-state index is 13.6. The van der Waals surface area contributed by atoms with E-state index in [2.05, 4.69) is 25.8 Å². The molecule has 0 aliphatic rings. The first-order chi connectivity index (χ1) is 12.7. The number of methoxy groups -OCH3 is 1. The molecule has 0 bridgehead atoms. The predicted molar refractivity (Wildman–Crippen MR) is 107 cm³/mol. The van der Waals surface area contributed by atoms with Gasteiger partial charge >= 0.3 is 0 Å². The van der Waals surface area contributed by atoms with Crippen LogP contribution in [0, 0.1) is 21.9 Å². The maximum Gasteiger partial charge on any atom is 0.212 e. The topological polar surface area (TPSA) is 9.23 Å². The van der Waals surface area contributed by atoms with Gasteiger partial charge in [0.2, 0.25) is 10.3 Å². The first-order valence-electron chi connectivity index (χ1n) is 7.42. The highest BCUT2D eigenvalue weighted by atomic mass is 32.1. The van der Waals surface area contributed by atoms with Gasteiger partial charge in [-0.05, 0) is 29.8 Å². The summed E-state index contributed by atoms with van der Waals surface area (Å²) in [6, 6.07) is 5.33. The number of halogens is 4. The standard InChI is InChI=1S/C19H12F4OS3/c1-8(24-3)10-4-13(17-7-15(21)19(23)27-17)11(9(2)25)5-12(10)16-6-14(20)18(22)26-16/h4-7,25H,1-2H2,3H3. The number of hydrogen-bond acceptors (Lipinski definition) is 4. The monoisotopic (exact) mass is 428 g/mol. The average molecular weight is 428 g/mol. The van der Waals surface area contributed by atoms with Crippen molar-refractivity contribution in [2.45, 2.75) is 0 Å². The Kier molecular flexibility index (Phi) is 5.50. The molecule has 8 heteroatoms. The molecule has 0 unspecified atom stereocenters. The zero-order chi connectivity index (χ0) is 19.9. The van der Waals surface area contributed by atoms with E-state index in [0.29, 0.717) is 59.6 Å². The van der Waals surface area contributed by atoms with E-state index in [-0.39, 0.29) is 5.76 Å². The molecule has 2 aromatic heterocycles. The predicted octanol–water partition coefficient (Wildman–Crippen LogP) is 7.22. The van der Waals surface area contributed by atoms with Crippen molar-refractivity contribution in [1.29, 1.82) is 0 Å². The molecule has 1 aromatic carbocycles. The molecule has 0 saturated heterocycles. The van der Waals surface area contributed by atoms with Crippen molar-refractivity contribution in [2.24, 2.45) is 0 Å². The third kappa shape index (κ3) is 3.69. The Morgan fingerprint density at radius 2 is 1.30 bits per heavy atom. The highest BCUT2D eigenvalue weighted by molar-refractivity contribution is 7.90. The van der Waals surface area contributed by atoms with Crippen molar-refractivity contribution in [2.75, 3.05) is 7.11 Å². The summed E-state index contributed by atoms with van der Waals surface area (Å²) in [5.74, 6) is -1.71. The summed E-state index contributed by atoms with van der Waals surface area (Å²) in [7, 11) is 1.40. The van der Waals surface area contributed by atoms with Crippen LogP contribution in [0.25, 0.3) is 31.5 Å². The summed E-state index contributed by atoms with van der Waals surface area (Å²) >= 11 is 5.52. The second-order valence-electron chi connectivity index (χ2n) is 5.48. The summed E-state index contributed by atoms with van der Waals surface area (Å²) in [5.41, 5.74) is 1.80. The van der Waals surface area contributed by atoms with Gasteiger partial charge in [-0.25, -0.2) is 8.78 Å². The van der Waals surface area contributed by atoms with Crippen LogP contribution in [0.15, 0.2) is 37.4 Å². The van der Waals surface area contributed by atoms with E-state index < -0.39 is 21.9 Å². The van der Waals surface area contributed by atoms with Crippen molar-refractivity contribution < 1.29 is 22.3 Å². The molecule has 3 aromatic rings. The van der Waals surface area contributed by atoms with Gasteiger partial charge < -0.3 is 4.74 Å². The molecule has 0 saturated carbocycles. The number of benzene rings is 1. The Labute approximate surface area is 166 Å². The molecule has 0 aliphatic carbocycles. The van der Waals surface area contributed by atoms with Gasteiger partial charge in [0, 0.05) is 31.3 Å². The molecule has 0 spiro atoms. The van der Waals surface area contributed by atoms with E-state index in [9.17, 15) is 17.6 Å². The normalized spacial score (nSPS) is 10.9. The third-order valence-electron chi connectivity index (χ3n) is 3.84.